The van der Waals surface area contributed by atoms with Crippen LogP contribution in [0.15, 0.2) is 30.3 Å². The Balaban J connectivity index is 0.00000312. The highest BCUT2D eigenvalue weighted by Gasteiger charge is 2.39. The minimum Gasteiger partial charge on any atom is -1.00 e. The van der Waals surface area contributed by atoms with E-state index in [1.807, 2.05) is 13.0 Å². The molecule has 1 aliphatic rings. The molecule has 0 saturated heterocycles. The van der Waals surface area contributed by atoms with Crippen LogP contribution < -0.4 is 12.4 Å². The number of rotatable bonds is 7. The van der Waals surface area contributed by atoms with Crippen LogP contribution in [0.3, 0.4) is 0 Å². The summed E-state index contributed by atoms with van der Waals surface area (Å²) >= 11 is 0. The highest BCUT2D eigenvalue weighted by molar-refractivity contribution is 5.76. The Labute approximate surface area is 158 Å². The molecular weight excluding hydrogens is 336 g/mol. The van der Waals surface area contributed by atoms with Gasteiger partial charge in [0.15, 0.2) is 18.8 Å². The van der Waals surface area contributed by atoms with Crippen molar-refractivity contribution in [1.29, 1.82) is 0 Å². The number of esters is 1. The van der Waals surface area contributed by atoms with E-state index in [1.54, 1.807) is 0 Å². The van der Waals surface area contributed by atoms with Gasteiger partial charge in [0.2, 0.25) is 0 Å². The smallest absolute Gasteiger partial charge is 0.315 e. The molecule has 0 heterocycles. The van der Waals surface area contributed by atoms with Gasteiger partial charge >= 0.3 is 5.97 Å². The largest absolute Gasteiger partial charge is 1.00 e. The molecule has 0 radical (unpaired) electrons. The van der Waals surface area contributed by atoms with E-state index in [1.165, 1.54) is 12.0 Å². The van der Waals surface area contributed by atoms with E-state index in [0.29, 0.717) is 6.61 Å². The number of ether oxygens (including phenoxy) is 1. The lowest BCUT2D eigenvalue weighted by atomic mass is 9.84. The first-order valence-corrected chi connectivity index (χ1v) is 9.09. The number of carbonyl (C=O) groups is 1. The first-order valence-electron chi connectivity index (χ1n) is 9.09. The molecule has 1 aromatic rings. The summed E-state index contributed by atoms with van der Waals surface area (Å²) in [7, 11) is 4.18. The quantitative estimate of drug-likeness (QED) is 0.381. The average Bonchev–Trinajstić information content (AvgIpc) is 2.59. The molecule has 1 aromatic carbocycles. The monoisotopic (exact) mass is 366 g/mol. The van der Waals surface area contributed by atoms with Gasteiger partial charge in [0.25, 0.3) is 0 Å². The number of halogens is 1. The zero-order chi connectivity index (χ0) is 17.4. The lowest BCUT2D eigenvalue weighted by Crippen LogP contribution is -3.00. The minimum atomic E-state index is -0.0292. The second-order valence-corrected chi connectivity index (χ2v) is 6.79. The molecule has 2 rings (SSSR count). The lowest BCUT2D eigenvalue weighted by molar-refractivity contribution is -0.571. The molecule has 1 fully saturated rings. The summed E-state index contributed by atoms with van der Waals surface area (Å²) in [4.78, 5) is 14.6. The fourth-order valence-electron chi connectivity index (χ4n) is 3.40. The van der Waals surface area contributed by atoms with E-state index in [4.69, 9.17) is 4.74 Å². The van der Waals surface area contributed by atoms with E-state index in [9.17, 15) is 4.79 Å². The Morgan fingerprint density at radius 3 is 2.56 bits per heavy atom. The third kappa shape index (κ3) is 6.79. The van der Waals surface area contributed by atoms with Crippen molar-refractivity contribution in [3.63, 3.8) is 0 Å². The summed E-state index contributed by atoms with van der Waals surface area (Å²) in [6.45, 7) is 4.23. The Morgan fingerprint density at radius 2 is 1.92 bits per heavy atom. The second kappa shape index (κ2) is 11.3. The van der Waals surface area contributed by atoms with Crippen molar-refractivity contribution < 1.29 is 26.5 Å². The van der Waals surface area contributed by atoms with E-state index < -0.39 is 0 Å². The fourth-order valence-corrected chi connectivity index (χ4v) is 3.40. The predicted octanol–water partition coefficient (Wildman–Crippen LogP) is -0.194. The van der Waals surface area contributed by atoms with Crippen molar-refractivity contribution in [3.8, 4) is 0 Å². The summed E-state index contributed by atoms with van der Waals surface area (Å²) in [5, 5.41) is 0. The standard InChI is InChI=1S/C20H31N2O2.ClH/c1-4-24-20(23)18-12-8-9-13-19(18)22(15-14-21(2)3)16-17-10-6-5-7-11-17;/h5-7,10-11,16,18-19H,4,8-9,12-15H2,1-3H3;1H/q+1;/p-1. The van der Waals surface area contributed by atoms with Crippen LogP contribution in [0.25, 0.3) is 0 Å². The number of hydrogen-bond donors (Lipinski definition) is 0. The van der Waals surface area contributed by atoms with Gasteiger partial charge < -0.3 is 22.0 Å². The molecule has 4 nitrogen and oxygen atoms in total. The van der Waals surface area contributed by atoms with Crippen LogP contribution in [0.4, 0.5) is 0 Å². The maximum absolute atomic E-state index is 12.4. The summed E-state index contributed by atoms with van der Waals surface area (Å²) in [6, 6.07) is 10.6. The first kappa shape index (κ1) is 21.7. The Bertz CT molecular complexity index is 546. The van der Waals surface area contributed by atoms with Crippen LogP contribution in [-0.4, -0.2) is 61.5 Å². The molecule has 0 bridgehead atoms. The van der Waals surface area contributed by atoms with Crippen LogP contribution in [0.5, 0.6) is 0 Å². The van der Waals surface area contributed by atoms with Crippen molar-refractivity contribution in [2.24, 2.45) is 5.92 Å². The van der Waals surface area contributed by atoms with Crippen molar-refractivity contribution in [1.82, 2.24) is 4.90 Å². The molecule has 140 valence electrons. The number of likely N-dealkylation sites (N-methyl/N-ethyl adjacent to an activating group) is 1. The van der Waals surface area contributed by atoms with Crippen molar-refractivity contribution in [2.75, 3.05) is 33.8 Å². The third-order valence-corrected chi connectivity index (χ3v) is 4.66. The summed E-state index contributed by atoms with van der Waals surface area (Å²) < 4.78 is 7.72. The van der Waals surface area contributed by atoms with Gasteiger partial charge in [0.05, 0.1) is 13.2 Å². The van der Waals surface area contributed by atoms with Gasteiger partial charge in [-0.1, -0.05) is 24.6 Å². The Hall–Kier alpha value is -1.39. The zero-order valence-corrected chi connectivity index (χ0v) is 16.4. The normalized spacial score (nSPS) is 20.9. The second-order valence-electron chi connectivity index (χ2n) is 6.79. The maximum Gasteiger partial charge on any atom is 0.315 e. The zero-order valence-electron chi connectivity index (χ0n) is 15.7. The highest BCUT2D eigenvalue weighted by Crippen LogP contribution is 2.28. The molecular formula is C20H31ClN2O2. The summed E-state index contributed by atoms with van der Waals surface area (Å²) in [5.41, 5.74) is 1.18. The van der Waals surface area contributed by atoms with Crippen LogP contribution in [0.2, 0.25) is 0 Å². The Morgan fingerprint density at radius 1 is 1.24 bits per heavy atom. The highest BCUT2D eigenvalue weighted by atomic mass is 35.5. The van der Waals surface area contributed by atoms with Gasteiger partial charge in [-0.3, -0.25) is 4.79 Å². The summed E-state index contributed by atoms with van der Waals surface area (Å²) in [6.07, 6.45) is 6.51. The van der Waals surface area contributed by atoms with Crippen LogP contribution >= 0.6 is 0 Å². The van der Waals surface area contributed by atoms with Crippen molar-refractivity contribution in [2.45, 2.75) is 38.6 Å². The SMILES string of the molecule is CCOC(=O)C1CCCCC1[N+](=Cc1ccccc1)CCN(C)C.[Cl-]. The van der Waals surface area contributed by atoms with Gasteiger partial charge in [0, 0.05) is 12.0 Å². The topological polar surface area (TPSA) is 32.6 Å². The molecule has 1 saturated carbocycles. The third-order valence-electron chi connectivity index (χ3n) is 4.66. The molecule has 5 heteroatoms. The molecule has 2 atom stereocenters. The van der Waals surface area contributed by atoms with Gasteiger partial charge in [0.1, 0.15) is 5.92 Å². The molecule has 25 heavy (non-hydrogen) atoms. The summed E-state index contributed by atoms with van der Waals surface area (Å²) in [5.74, 6) is -0.0423. The number of benzene rings is 1. The number of hydrogen-bond acceptors (Lipinski definition) is 3. The molecule has 0 aromatic heterocycles. The van der Waals surface area contributed by atoms with E-state index >= 15 is 0 Å². The maximum atomic E-state index is 12.4. The molecule has 0 aliphatic heterocycles. The van der Waals surface area contributed by atoms with E-state index in [-0.39, 0.29) is 30.3 Å². The minimum absolute atomic E-state index is 0. The van der Waals surface area contributed by atoms with E-state index in [0.717, 1.165) is 32.4 Å². The Kier molecular flexibility index (Phi) is 9.76. The van der Waals surface area contributed by atoms with E-state index in [2.05, 4.69) is 54.1 Å². The number of nitrogens with zero attached hydrogens (tertiary/aromatic N) is 2. The molecule has 1 aliphatic carbocycles. The fraction of sp³-hybridized carbons (Fsp3) is 0.600. The molecule has 0 spiro atoms. The average molecular weight is 367 g/mol. The predicted molar refractivity (Wildman–Crippen MR) is 97.7 cm³/mol. The number of carbonyl (C=O) groups excluding carboxylic acids is 1. The van der Waals surface area contributed by atoms with Crippen LogP contribution in [0.1, 0.15) is 38.2 Å². The molecule has 0 N–H and O–H groups in total. The van der Waals surface area contributed by atoms with Crippen molar-refractivity contribution in [3.05, 3.63) is 35.9 Å². The van der Waals surface area contributed by atoms with Crippen molar-refractivity contribution >= 4 is 12.2 Å². The van der Waals surface area contributed by atoms with Gasteiger partial charge in [-0.15, -0.1) is 0 Å². The van der Waals surface area contributed by atoms with Gasteiger partial charge in [-0.2, -0.15) is 0 Å². The van der Waals surface area contributed by atoms with Crippen LogP contribution in [-0.2, 0) is 9.53 Å². The first-order chi connectivity index (χ1) is 11.6. The molecule has 2 unspecified atom stereocenters. The molecule has 0 amide bonds. The van der Waals surface area contributed by atoms with Crippen LogP contribution in [0, 0.1) is 5.92 Å². The van der Waals surface area contributed by atoms with Gasteiger partial charge in [-0.05, 0) is 46.0 Å². The van der Waals surface area contributed by atoms with Gasteiger partial charge in [-0.25, -0.2) is 4.58 Å². The lowest BCUT2D eigenvalue weighted by Gasteiger charge is -2.28.